The maximum Gasteiger partial charge on any atom is 0.391 e. The smallest absolute Gasteiger partial charge is 0.391 e. The molecular formula is C12H22F3NO. The van der Waals surface area contributed by atoms with Gasteiger partial charge in [-0.3, -0.25) is 0 Å². The van der Waals surface area contributed by atoms with Crippen LogP contribution in [0.3, 0.4) is 0 Å². The molecule has 5 heteroatoms. The lowest BCUT2D eigenvalue weighted by molar-refractivity contribution is -0.182. The summed E-state index contributed by atoms with van der Waals surface area (Å²) in [4.78, 5) is 0. The molecule has 0 heterocycles. The number of hydrogen-bond acceptors (Lipinski definition) is 2. The Labute approximate surface area is 101 Å². The summed E-state index contributed by atoms with van der Waals surface area (Å²) in [5.74, 6) is -1.11. The summed E-state index contributed by atoms with van der Waals surface area (Å²) >= 11 is 0. The van der Waals surface area contributed by atoms with Gasteiger partial charge in [-0.25, -0.2) is 0 Å². The van der Waals surface area contributed by atoms with Gasteiger partial charge in [-0.2, -0.15) is 13.2 Å². The Hall–Kier alpha value is -0.290. The van der Waals surface area contributed by atoms with E-state index in [0.29, 0.717) is 19.3 Å². The van der Waals surface area contributed by atoms with E-state index in [9.17, 15) is 13.2 Å². The molecule has 1 aliphatic rings. The van der Waals surface area contributed by atoms with Crippen molar-refractivity contribution in [1.29, 1.82) is 0 Å². The van der Waals surface area contributed by atoms with Gasteiger partial charge in [-0.15, -0.1) is 0 Å². The Morgan fingerprint density at radius 1 is 1.24 bits per heavy atom. The molecule has 1 rings (SSSR count). The highest BCUT2D eigenvalue weighted by molar-refractivity contribution is 4.82. The summed E-state index contributed by atoms with van der Waals surface area (Å²) in [5, 5.41) is 12.2. The van der Waals surface area contributed by atoms with Crippen LogP contribution in [0.1, 0.15) is 45.4 Å². The number of hydrogen-bond donors (Lipinski definition) is 2. The zero-order chi connectivity index (χ0) is 12.9. The highest BCUT2D eigenvalue weighted by Gasteiger charge is 2.41. The average Bonchev–Trinajstić information content (AvgIpc) is 2.28. The molecule has 17 heavy (non-hydrogen) atoms. The molecule has 2 N–H and O–H groups in total. The van der Waals surface area contributed by atoms with E-state index in [-0.39, 0.29) is 31.5 Å². The molecule has 1 unspecified atom stereocenters. The van der Waals surface area contributed by atoms with Gasteiger partial charge in [0.1, 0.15) is 0 Å². The van der Waals surface area contributed by atoms with E-state index in [2.05, 4.69) is 5.32 Å². The third-order valence-electron chi connectivity index (χ3n) is 3.63. The average molecular weight is 253 g/mol. The van der Waals surface area contributed by atoms with E-state index in [1.54, 1.807) is 0 Å². The fraction of sp³-hybridized carbons (Fsp3) is 1.00. The van der Waals surface area contributed by atoms with Gasteiger partial charge in [0.15, 0.2) is 0 Å². The lowest BCUT2D eigenvalue weighted by Crippen LogP contribution is -2.42. The van der Waals surface area contributed by atoms with Crippen molar-refractivity contribution in [3.63, 3.8) is 0 Å². The topological polar surface area (TPSA) is 32.3 Å². The molecule has 0 bridgehead atoms. The van der Waals surface area contributed by atoms with Crippen LogP contribution in [0.5, 0.6) is 0 Å². The second-order valence-electron chi connectivity index (χ2n) is 4.87. The van der Waals surface area contributed by atoms with Crippen LogP contribution in [0.2, 0.25) is 0 Å². The minimum absolute atomic E-state index is 0.128. The third-order valence-corrected chi connectivity index (χ3v) is 3.63. The maximum atomic E-state index is 12.5. The van der Waals surface area contributed by atoms with Crippen LogP contribution in [0.25, 0.3) is 0 Å². The Balaban J connectivity index is 2.31. The molecule has 0 aromatic rings. The Kier molecular flexibility index (Phi) is 5.73. The largest absolute Gasteiger partial charge is 0.396 e. The first kappa shape index (κ1) is 14.8. The van der Waals surface area contributed by atoms with Crippen LogP contribution in [-0.2, 0) is 0 Å². The van der Waals surface area contributed by atoms with E-state index >= 15 is 0 Å². The van der Waals surface area contributed by atoms with Gasteiger partial charge in [0.2, 0.25) is 0 Å². The molecule has 0 radical (unpaired) electrons. The van der Waals surface area contributed by atoms with Crippen molar-refractivity contribution < 1.29 is 18.3 Å². The Bertz CT molecular complexity index is 212. The summed E-state index contributed by atoms with van der Waals surface area (Å²) in [6, 6.07) is 0.414. The van der Waals surface area contributed by atoms with Crippen LogP contribution in [0.15, 0.2) is 0 Å². The summed E-state index contributed by atoms with van der Waals surface area (Å²) in [6.45, 7) is 2.15. The summed E-state index contributed by atoms with van der Waals surface area (Å²) in [7, 11) is 0. The highest BCUT2D eigenvalue weighted by atomic mass is 19.4. The molecular weight excluding hydrogens is 231 g/mol. The SMILES string of the molecule is CCC(CCO)NC1CCC(C(F)(F)F)CC1. The van der Waals surface area contributed by atoms with Crippen molar-refractivity contribution in [2.24, 2.45) is 5.92 Å². The van der Waals surface area contributed by atoms with Crippen molar-refractivity contribution in [2.75, 3.05) is 6.61 Å². The number of aliphatic hydroxyl groups excluding tert-OH is 1. The Morgan fingerprint density at radius 3 is 2.24 bits per heavy atom. The highest BCUT2D eigenvalue weighted by Crippen LogP contribution is 2.37. The van der Waals surface area contributed by atoms with Gasteiger partial charge >= 0.3 is 6.18 Å². The van der Waals surface area contributed by atoms with E-state index in [1.165, 1.54) is 0 Å². The van der Waals surface area contributed by atoms with Gasteiger partial charge in [0.05, 0.1) is 5.92 Å². The van der Waals surface area contributed by atoms with E-state index < -0.39 is 12.1 Å². The van der Waals surface area contributed by atoms with Crippen LogP contribution in [0.4, 0.5) is 13.2 Å². The standard InChI is InChI=1S/C12H22F3NO/c1-2-10(7-8-17)16-11-5-3-9(4-6-11)12(13,14)15/h9-11,16-17H,2-8H2,1H3. The normalized spacial score (nSPS) is 28.1. The Morgan fingerprint density at radius 2 is 1.82 bits per heavy atom. The van der Waals surface area contributed by atoms with Crippen LogP contribution in [-0.4, -0.2) is 30.0 Å². The quantitative estimate of drug-likeness (QED) is 0.789. The zero-order valence-corrected chi connectivity index (χ0v) is 10.3. The molecule has 2 nitrogen and oxygen atoms in total. The molecule has 0 amide bonds. The van der Waals surface area contributed by atoms with E-state index in [0.717, 1.165) is 6.42 Å². The molecule has 0 aliphatic heterocycles. The molecule has 1 aliphatic carbocycles. The van der Waals surface area contributed by atoms with Gasteiger partial charge < -0.3 is 10.4 Å². The number of aliphatic hydroxyl groups is 1. The molecule has 102 valence electrons. The molecule has 0 aromatic carbocycles. The second kappa shape index (κ2) is 6.59. The number of nitrogens with one attached hydrogen (secondary N) is 1. The first-order chi connectivity index (χ1) is 7.97. The van der Waals surface area contributed by atoms with Gasteiger partial charge in [0.25, 0.3) is 0 Å². The first-order valence-corrected chi connectivity index (χ1v) is 6.41. The molecule has 0 aromatic heterocycles. The molecule has 1 fully saturated rings. The third kappa shape index (κ3) is 4.84. The fourth-order valence-electron chi connectivity index (χ4n) is 2.48. The number of alkyl halides is 3. The number of halogens is 3. The van der Waals surface area contributed by atoms with E-state index in [4.69, 9.17) is 5.11 Å². The van der Waals surface area contributed by atoms with Crippen LogP contribution < -0.4 is 5.32 Å². The first-order valence-electron chi connectivity index (χ1n) is 6.41. The predicted octanol–water partition coefficient (Wildman–Crippen LogP) is 2.86. The number of rotatable bonds is 5. The summed E-state index contributed by atoms with van der Waals surface area (Å²) < 4.78 is 37.4. The molecule has 1 saturated carbocycles. The zero-order valence-electron chi connectivity index (χ0n) is 10.3. The van der Waals surface area contributed by atoms with Gasteiger partial charge in [-0.1, -0.05) is 6.92 Å². The minimum atomic E-state index is -4.03. The van der Waals surface area contributed by atoms with E-state index in [1.807, 2.05) is 6.92 Å². The molecule has 0 saturated heterocycles. The van der Waals surface area contributed by atoms with Crippen molar-refractivity contribution in [1.82, 2.24) is 5.32 Å². The van der Waals surface area contributed by atoms with Crippen LogP contribution >= 0.6 is 0 Å². The summed E-state index contributed by atoms with van der Waals surface area (Å²) in [6.07, 6.45) is -0.804. The second-order valence-corrected chi connectivity index (χ2v) is 4.87. The lowest BCUT2D eigenvalue weighted by atomic mass is 9.85. The van der Waals surface area contributed by atoms with Gasteiger partial charge in [-0.05, 0) is 38.5 Å². The van der Waals surface area contributed by atoms with Crippen molar-refractivity contribution >= 4 is 0 Å². The summed E-state index contributed by atoms with van der Waals surface area (Å²) in [5.41, 5.74) is 0. The predicted molar refractivity (Wildman–Crippen MR) is 60.7 cm³/mol. The van der Waals surface area contributed by atoms with Crippen LogP contribution in [0, 0.1) is 5.92 Å². The van der Waals surface area contributed by atoms with Gasteiger partial charge in [0, 0.05) is 18.7 Å². The maximum absolute atomic E-state index is 12.5. The monoisotopic (exact) mass is 253 g/mol. The fourth-order valence-corrected chi connectivity index (χ4v) is 2.48. The van der Waals surface area contributed by atoms with Crippen molar-refractivity contribution in [2.45, 2.75) is 63.7 Å². The van der Waals surface area contributed by atoms with Crippen molar-refractivity contribution in [3.8, 4) is 0 Å². The minimum Gasteiger partial charge on any atom is -0.396 e. The lowest BCUT2D eigenvalue weighted by Gasteiger charge is -2.32. The molecule has 1 atom stereocenters. The van der Waals surface area contributed by atoms with Crippen molar-refractivity contribution in [3.05, 3.63) is 0 Å². The molecule has 0 spiro atoms.